The van der Waals surface area contributed by atoms with Gasteiger partial charge < -0.3 is 9.53 Å². The van der Waals surface area contributed by atoms with Gasteiger partial charge in [-0.2, -0.15) is 0 Å². The molecule has 0 heterocycles. The van der Waals surface area contributed by atoms with Gasteiger partial charge in [-0.05, 0) is 12.0 Å². The van der Waals surface area contributed by atoms with Gasteiger partial charge >= 0.3 is 5.97 Å². The van der Waals surface area contributed by atoms with E-state index in [9.17, 15) is 14.4 Å². The number of esters is 1. The number of rotatable bonds is 8. The first-order valence-corrected chi connectivity index (χ1v) is 5.87. The SMILES string of the molecule is O=CCC(=O)CCCC(=O)OCc1ccccc1. The summed E-state index contributed by atoms with van der Waals surface area (Å²) in [4.78, 5) is 32.4. The van der Waals surface area contributed by atoms with E-state index in [1.807, 2.05) is 30.3 Å². The number of hydrogen-bond donors (Lipinski definition) is 0. The second-order valence-electron chi connectivity index (χ2n) is 3.91. The van der Waals surface area contributed by atoms with Gasteiger partial charge in [0.15, 0.2) is 0 Å². The van der Waals surface area contributed by atoms with Gasteiger partial charge in [-0.25, -0.2) is 0 Å². The van der Waals surface area contributed by atoms with Crippen LogP contribution in [0.2, 0.25) is 0 Å². The molecular weight excluding hydrogens is 232 g/mol. The average molecular weight is 248 g/mol. The molecule has 1 aromatic carbocycles. The fourth-order valence-corrected chi connectivity index (χ4v) is 1.44. The summed E-state index contributed by atoms with van der Waals surface area (Å²) < 4.78 is 5.05. The van der Waals surface area contributed by atoms with E-state index in [4.69, 9.17) is 4.74 Å². The van der Waals surface area contributed by atoms with Crippen molar-refractivity contribution in [2.75, 3.05) is 0 Å². The standard InChI is InChI=1S/C14H16O4/c15-10-9-13(16)7-4-8-14(17)18-11-12-5-2-1-3-6-12/h1-3,5-6,10H,4,7-9,11H2. The molecule has 0 aromatic heterocycles. The molecule has 0 aliphatic carbocycles. The van der Waals surface area contributed by atoms with E-state index in [-0.39, 0.29) is 37.6 Å². The third-order valence-corrected chi connectivity index (χ3v) is 2.39. The van der Waals surface area contributed by atoms with Gasteiger partial charge in [-0.3, -0.25) is 9.59 Å². The highest BCUT2D eigenvalue weighted by molar-refractivity contribution is 5.89. The maximum absolute atomic E-state index is 11.4. The predicted octanol–water partition coefficient (Wildman–Crippen LogP) is 2.06. The van der Waals surface area contributed by atoms with E-state index in [1.54, 1.807) is 0 Å². The van der Waals surface area contributed by atoms with E-state index in [0.29, 0.717) is 12.7 Å². The average Bonchev–Trinajstić information content (AvgIpc) is 2.38. The lowest BCUT2D eigenvalue weighted by molar-refractivity contribution is -0.145. The number of carbonyl (C=O) groups excluding carboxylic acids is 3. The van der Waals surface area contributed by atoms with Crippen LogP contribution in [0.3, 0.4) is 0 Å². The molecule has 0 N–H and O–H groups in total. The van der Waals surface area contributed by atoms with Crippen LogP contribution in [-0.2, 0) is 25.7 Å². The highest BCUT2D eigenvalue weighted by Gasteiger charge is 2.06. The van der Waals surface area contributed by atoms with Crippen LogP contribution in [-0.4, -0.2) is 18.0 Å². The normalized spacial score (nSPS) is 9.78. The molecule has 0 saturated heterocycles. The second kappa shape index (κ2) is 8.17. The molecule has 0 unspecified atom stereocenters. The number of aldehydes is 1. The van der Waals surface area contributed by atoms with E-state index >= 15 is 0 Å². The van der Waals surface area contributed by atoms with E-state index < -0.39 is 0 Å². The molecule has 4 heteroatoms. The van der Waals surface area contributed by atoms with E-state index in [2.05, 4.69) is 0 Å². The maximum Gasteiger partial charge on any atom is 0.306 e. The summed E-state index contributed by atoms with van der Waals surface area (Å²) in [6.07, 6.45) is 1.39. The van der Waals surface area contributed by atoms with Crippen molar-refractivity contribution >= 4 is 18.0 Å². The zero-order valence-corrected chi connectivity index (χ0v) is 10.1. The molecule has 0 amide bonds. The maximum atomic E-state index is 11.4. The molecular formula is C14H16O4. The molecule has 0 aliphatic rings. The molecule has 0 spiro atoms. The highest BCUT2D eigenvalue weighted by Crippen LogP contribution is 2.04. The van der Waals surface area contributed by atoms with Crippen molar-refractivity contribution in [1.82, 2.24) is 0 Å². The zero-order valence-electron chi connectivity index (χ0n) is 10.1. The van der Waals surface area contributed by atoms with Gasteiger partial charge in [0.2, 0.25) is 0 Å². The Bertz CT molecular complexity index is 398. The van der Waals surface area contributed by atoms with Gasteiger partial charge in [0.05, 0.1) is 6.42 Å². The van der Waals surface area contributed by atoms with Gasteiger partial charge in [-0.15, -0.1) is 0 Å². The van der Waals surface area contributed by atoms with Crippen LogP contribution < -0.4 is 0 Å². The van der Waals surface area contributed by atoms with Crippen molar-refractivity contribution in [1.29, 1.82) is 0 Å². The van der Waals surface area contributed by atoms with Crippen molar-refractivity contribution in [3.63, 3.8) is 0 Å². The van der Waals surface area contributed by atoms with Crippen LogP contribution in [0.1, 0.15) is 31.2 Å². The highest BCUT2D eigenvalue weighted by atomic mass is 16.5. The summed E-state index contributed by atoms with van der Waals surface area (Å²) in [6.45, 7) is 0.252. The van der Waals surface area contributed by atoms with Crippen molar-refractivity contribution in [2.24, 2.45) is 0 Å². The predicted molar refractivity (Wildman–Crippen MR) is 65.8 cm³/mol. The van der Waals surface area contributed by atoms with Crippen LogP contribution in [0, 0.1) is 0 Å². The zero-order chi connectivity index (χ0) is 13.2. The summed E-state index contributed by atoms with van der Waals surface area (Å²) >= 11 is 0. The summed E-state index contributed by atoms with van der Waals surface area (Å²) in [5, 5.41) is 0. The number of ketones is 1. The lowest BCUT2D eigenvalue weighted by Crippen LogP contribution is -2.06. The smallest absolute Gasteiger partial charge is 0.306 e. The number of carbonyl (C=O) groups is 3. The molecule has 96 valence electrons. The fraction of sp³-hybridized carbons (Fsp3) is 0.357. The van der Waals surface area contributed by atoms with Crippen molar-refractivity contribution < 1.29 is 19.1 Å². The lowest BCUT2D eigenvalue weighted by Gasteiger charge is -2.04. The lowest BCUT2D eigenvalue weighted by atomic mass is 10.1. The number of hydrogen-bond acceptors (Lipinski definition) is 4. The molecule has 0 aliphatic heterocycles. The quantitative estimate of drug-likeness (QED) is 0.401. The van der Waals surface area contributed by atoms with Gasteiger partial charge in [0.1, 0.15) is 18.7 Å². The Morgan fingerprint density at radius 2 is 1.83 bits per heavy atom. The molecule has 1 aromatic rings. The Kier molecular flexibility index (Phi) is 6.40. The fourth-order valence-electron chi connectivity index (χ4n) is 1.44. The molecule has 0 fully saturated rings. The van der Waals surface area contributed by atoms with Gasteiger partial charge in [-0.1, -0.05) is 30.3 Å². The molecule has 18 heavy (non-hydrogen) atoms. The van der Waals surface area contributed by atoms with Crippen LogP contribution in [0.25, 0.3) is 0 Å². The minimum Gasteiger partial charge on any atom is -0.461 e. The van der Waals surface area contributed by atoms with Gasteiger partial charge in [0.25, 0.3) is 0 Å². The minimum atomic E-state index is -0.322. The Morgan fingerprint density at radius 3 is 2.50 bits per heavy atom. The summed E-state index contributed by atoms with van der Waals surface area (Å²) in [7, 11) is 0. The number of benzene rings is 1. The molecule has 0 atom stereocenters. The Labute approximate surface area is 106 Å². The Hall–Kier alpha value is -1.97. The first-order chi connectivity index (χ1) is 8.72. The third kappa shape index (κ3) is 5.94. The summed E-state index contributed by atoms with van der Waals surface area (Å²) in [6, 6.07) is 9.40. The van der Waals surface area contributed by atoms with Crippen LogP contribution in [0.4, 0.5) is 0 Å². The Morgan fingerprint density at radius 1 is 1.11 bits per heavy atom. The topological polar surface area (TPSA) is 60.4 Å². The summed E-state index contributed by atoms with van der Waals surface area (Å²) in [5.74, 6) is -0.460. The van der Waals surface area contributed by atoms with Crippen molar-refractivity contribution in [3.05, 3.63) is 35.9 Å². The van der Waals surface area contributed by atoms with Crippen LogP contribution >= 0.6 is 0 Å². The molecule has 1 rings (SSSR count). The monoisotopic (exact) mass is 248 g/mol. The Balaban J connectivity index is 2.14. The number of ether oxygens (including phenoxy) is 1. The van der Waals surface area contributed by atoms with Gasteiger partial charge in [0, 0.05) is 12.8 Å². The first-order valence-electron chi connectivity index (χ1n) is 5.87. The van der Waals surface area contributed by atoms with Crippen molar-refractivity contribution in [3.8, 4) is 0 Å². The largest absolute Gasteiger partial charge is 0.461 e. The van der Waals surface area contributed by atoms with Crippen LogP contribution in [0.15, 0.2) is 30.3 Å². The van der Waals surface area contributed by atoms with Crippen LogP contribution in [0.5, 0.6) is 0 Å². The molecule has 0 radical (unpaired) electrons. The molecule has 4 nitrogen and oxygen atoms in total. The molecule has 0 bridgehead atoms. The minimum absolute atomic E-state index is 0.0704. The molecule has 0 saturated carbocycles. The van der Waals surface area contributed by atoms with E-state index in [1.165, 1.54) is 0 Å². The number of Topliss-reactive ketones (excluding diaryl/α,β-unsaturated/α-hetero) is 1. The summed E-state index contributed by atoms with van der Waals surface area (Å²) in [5.41, 5.74) is 0.933. The van der Waals surface area contributed by atoms with Crippen molar-refractivity contribution in [2.45, 2.75) is 32.3 Å². The van der Waals surface area contributed by atoms with E-state index in [0.717, 1.165) is 5.56 Å². The second-order valence-corrected chi connectivity index (χ2v) is 3.91. The third-order valence-electron chi connectivity index (χ3n) is 2.39. The first kappa shape index (κ1) is 14.1.